The van der Waals surface area contributed by atoms with Gasteiger partial charge in [-0.1, -0.05) is 20.3 Å². The van der Waals surface area contributed by atoms with Crippen molar-refractivity contribution in [2.45, 2.75) is 38.8 Å². The van der Waals surface area contributed by atoms with Crippen LogP contribution in [-0.4, -0.2) is 37.5 Å². The molecule has 0 bridgehead atoms. The summed E-state index contributed by atoms with van der Waals surface area (Å²) in [6, 6.07) is -0.812. The fourth-order valence-corrected chi connectivity index (χ4v) is 1.05. The van der Waals surface area contributed by atoms with E-state index in [1.54, 1.807) is 6.92 Å². The predicted octanol–water partition coefficient (Wildman–Crippen LogP) is -0.0556. The van der Waals surface area contributed by atoms with Gasteiger partial charge >= 0.3 is 11.9 Å². The van der Waals surface area contributed by atoms with Crippen molar-refractivity contribution in [1.82, 2.24) is 0 Å². The molecule has 0 aromatic heterocycles. The van der Waals surface area contributed by atoms with Crippen LogP contribution in [0.5, 0.6) is 0 Å². The summed E-state index contributed by atoms with van der Waals surface area (Å²) in [6.45, 7) is 3.68. The molecule has 0 heterocycles. The molecule has 0 fully saturated rings. The maximum absolute atomic E-state index is 11.5. The third-order valence-electron chi connectivity index (χ3n) is 2.50. The molecule has 1 radical (unpaired) electrons. The Hall–Kier alpha value is -1.43. The summed E-state index contributed by atoms with van der Waals surface area (Å²) in [5.41, 5.74) is 5.62. The normalized spacial score (nSPS) is 15.5. The van der Waals surface area contributed by atoms with Crippen LogP contribution in [0, 0.1) is 5.92 Å². The third kappa shape index (κ3) is 5.44. The molecule has 0 spiro atoms. The number of esters is 2. The molecule has 3 atom stereocenters. The predicted molar refractivity (Wildman–Crippen MR) is 59.6 cm³/mol. The van der Waals surface area contributed by atoms with Crippen molar-refractivity contribution in [2.24, 2.45) is 11.7 Å². The van der Waals surface area contributed by atoms with Crippen molar-refractivity contribution in [3.05, 3.63) is 0 Å². The second-order valence-electron chi connectivity index (χ2n) is 3.73. The van der Waals surface area contributed by atoms with Crippen molar-refractivity contribution < 1.29 is 23.9 Å². The van der Waals surface area contributed by atoms with Crippen molar-refractivity contribution in [3.63, 3.8) is 0 Å². The highest BCUT2D eigenvalue weighted by Gasteiger charge is 2.25. The average Bonchev–Trinajstić information content (AvgIpc) is 2.35. The van der Waals surface area contributed by atoms with Gasteiger partial charge < -0.3 is 15.2 Å². The van der Waals surface area contributed by atoms with Crippen LogP contribution in [0.2, 0.25) is 0 Å². The van der Waals surface area contributed by atoms with E-state index >= 15 is 0 Å². The van der Waals surface area contributed by atoms with E-state index in [2.05, 4.69) is 4.74 Å². The SMILES string of the molecule is CCC(C)C(N)C(=O)OC([C]=O)CC(=O)OC. The molecule has 0 aromatic carbocycles. The number of ether oxygens (including phenoxy) is 2. The largest absolute Gasteiger partial charge is 0.469 e. The molecular formula is C11H18NO5. The molecule has 2 N–H and O–H groups in total. The fourth-order valence-electron chi connectivity index (χ4n) is 1.05. The molecule has 0 rings (SSSR count). The van der Waals surface area contributed by atoms with Gasteiger partial charge in [-0.25, -0.2) is 0 Å². The molecule has 0 aliphatic carbocycles. The van der Waals surface area contributed by atoms with Gasteiger partial charge in [0.25, 0.3) is 0 Å². The first-order valence-electron chi connectivity index (χ1n) is 5.36. The topological polar surface area (TPSA) is 95.7 Å². The van der Waals surface area contributed by atoms with Crippen LogP contribution in [-0.2, 0) is 23.9 Å². The number of hydrogen-bond acceptors (Lipinski definition) is 6. The lowest BCUT2D eigenvalue weighted by Gasteiger charge is -2.18. The molecule has 0 amide bonds. The smallest absolute Gasteiger partial charge is 0.323 e. The molecule has 97 valence electrons. The number of methoxy groups -OCH3 is 1. The quantitative estimate of drug-likeness (QED) is 0.630. The van der Waals surface area contributed by atoms with Crippen molar-refractivity contribution >= 4 is 18.2 Å². The standard InChI is InChI=1S/C11H18NO5/c1-4-7(2)10(12)11(15)17-8(6-13)5-9(14)16-3/h7-8,10H,4-5,12H2,1-3H3. The Balaban J connectivity index is 4.32. The minimum Gasteiger partial charge on any atom is -0.469 e. The number of nitrogens with two attached hydrogens (primary N) is 1. The highest BCUT2D eigenvalue weighted by atomic mass is 16.6. The lowest BCUT2D eigenvalue weighted by atomic mass is 10.0. The van der Waals surface area contributed by atoms with E-state index in [0.29, 0.717) is 6.42 Å². The summed E-state index contributed by atoms with van der Waals surface area (Å²) < 4.78 is 9.12. The van der Waals surface area contributed by atoms with E-state index in [1.807, 2.05) is 6.92 Å². The van der Waals surface area contributed by atoms with Crippen molar-refractivity contribution in [2.75, 3.05) is 7.11 Å². The summed E-state index contributed by atoms with van der Waals surface area (Å²) >= 11 is 0. The number of rotatable bonds is 7. The first kappa shape index (κ1) is 15.6. The van der Waals surface area contributed by atoms with Gasteiger partial charge in [0, 0.05) is 0 Å². The van der Waals surface area contributed by atoms with Crippen LogP contribution in [0.4, 0.5) is 0 Å². The highest BCUT2D eigenvalue weighted by Crippen LogP contribution is 2.08. The van der Waals surface area contributed by atoms with Crippen molar-refractivity contribution in [1.29, 1.82) is 0 Å². The zero-order chi connectivity index (χ0) is 13.4. The van der Waals surface area contributed by atoms with Gasteiger partial charge in [0.1, 0.15) is 6.04 Å². The average molecular weight is 244 g/mol. The second kappa shape index (κ2) is 7.78. The van der Waals surface area contributed by atoms with Crippen LogP contribution in [0.15, 0.2) is 0 Å². The molecule has 0 saturated carbocycles. The van der Waals surface area contributed by atoms with E-state index in [9.17, 15) is 14.4 Å². The van der Waals surface area contributed by atoms with E-state index in [0.717, 1.165) is 0 Å². The summed E-state index contributed by atoms with van der Waals surface area (Å²) in [6.07, 6.45) is 0.564. The Morgan fingerprint density at radius 1 is 1.41 bits per heavy atom. The summed E-state index contributed by atoms with van der Waals surface area (Å²) in [4.78, 5) is 32.9. The Kier molecular flexibility index (Phi) is 7.13. The van der Waals surface area contributed by atoms with Crippen molar-refractivity contribution in [3.8, 4) is 0 Å². The molecule has 0 saturated heterocycles. The highest BCUT2D eigenvalue weighted by molar-refractivity contribution is 5.80. The Morgan fingerprint density at radius 3 is 2.41 bits per heavy atom. The lowest BCUT2D eigenvalue weighted by Crippen LogP contribution is -2.40. The van der Waals surface area contributed by atoms with Gasteiger partial charge in [-0.15, -0.1) is 0 Å². The van der Waals surface area contributed by atoms with Gasteiger partial charge in [-0.05, 0) is 5.92 Å². The minimum absolute atomic E-state index is 0.0621. The van der Waals surface area contributed by atoms with E-state index in [-0.39, 0.29) is 12.3 Å². The summed E-state index contributed by atoms with van der Waals surface area (Å²) in [5, 5.41) is 0. The number of hydrogen-bond donors (Lipinski definition) is 1. The molecule has 6 heteroatoms. The maximum Gasteiger partial charge on any atom is 0.323 e. The third-order valence-corrected chi connectivity index (χ3v) is 2.50. The zero-order valence-corrected chi connectivity index (χ0v) is 10.3. The monoisotopic (exact) mass is 244 g/mol. The lowest BCUT2D eigenvalue weighted by molar-refractivity contribution is -0.152. The first-order valence-corrected chi connectivity index (χ1v) is 5.36. The fraction of sp³-hybridized carbons (Fsp3) is 0.727. The van der Waals surface area contributed by atoms with Gasteiger partial charge in [-0.2, -0.15) is 0 Å². The number of carbonyl (C=O) groups excluding carboxylic acids is 3. The Bertz CT molecular complexity index is 279. The van der Waals surface area contributed by atoms with Gasteiger partial charge in [0.05, 0.1) is 13.5 Å². The van der Waals surface area contributed by atoms with Crippen LogP contribution in [0.1, 0.15) is 26.7 Å². The zero-order valence-electron chi connectivity index (χ0n) is 10.3. The minimum atomic E-state index is -1.26. The van der Waals surface area contributed by atoms with Gasteiger partial charge in [0.15, 0.2) is 6.10 Å². The van der Waals surface area contributed by atoms with Crippen LogP contribution < -0.4 is 5.73 Å². The molecule has 3 unspecified atom stereocenters. The van der Waals surface area contributed by atoms with E-state index < -0.39 is 24.1 Å². The summed E-state index contributed by atoms with van der Waals surface area (Å²) in [5.74, 6) is -1.42. The second-order valence-corrected chi connectivity index (χ2v) is 3.73. The van der Waals surface area contributed by atoms with Gasteiger partial charge in [0.2, 0.25) is 6.29 Å². The number of carbonyl (C=O) groups is 2. The summed E-state index contributed by atoms with van der Waals surface area (Å²) in [7, 11) is 1.18. The van der Waals surface area contributed by atoms with E-state index in [1.165, 1.54) is 13.4 Å². The van der Waals surface area contributed by atoms with E-state index in [4.69, 9.17) is 10.5 Å². The maximum atomic E-state index is 11.5. The molecule has 0 aliphatic heterocycles. The molecular weight excluding hydrogens is 226 g/mol. The Morgan fingerprint density at radius 2 is 2.00 bits per heavy atom. The first-order chi connectivity index (χ1) is 7.96. The van der Waals surface area contributed by atoms with Crippen LogP contribution >= 0.6 is 0 Å². The van der Waals surface area contributed by atoms with Crippen LogP contribution in [0.3, 0.4) is 0 Å². The molecule has 0 aromatic rings. The van der Waals surface area contributed by atoms with Gasteiger partial charge in [-0.3, -0.25) is 14.4 Å². The Labute approximate surface area is 100 Å². The molecule has 17 heavy (non-hydrogen) atoms. The van der Waals surface area contributed by atoms with Crippen LogP contribution in [0.25, 0.3) is 0 Å². The molecule has 6 nitrogen and oxygen atoms in total. The molecule has 0 aliphatic rings.